The normalized spacial score (nSPS) is 34.5. The lowest BCUT2D eigenvalue weighted by atomic mass is 9.89. The van der Waals surface area contributed by atoms with Gasteiger partial charge in [0.2, 0.25) is 0 Å². The Morgan fingerprint density at radius 1 is 1.44 bits per heavy atom. The van der Waals surface area contributed by atoms with Gasteiger partial charge >= 0.3 is 0 Å². The summed E-state index contributed by atoms with van der Waals surface area (Å²) in [5.41, 5.74) is 0. The Morgan fingerprint density at radius 2 is 2.19 bits per heavy atom. The van der Waals surface area contributed by atoms with E-state index in [9.17, 15) is 0 Å². The number of thioether (sulfide) groups is 1. The van der Waals surface area contributed by atoms with Crippen LogP contribution in [0.4, 0.5) is 0 Å². The van der Waals surface area contributed by atoms with Gasteiger partial charge in [0.1, 0.15) is 0 Å². The fraction of sp³-hybridized carbons (Fsp3) is 0.917. The van der Waals surface area contributed by atoms with Gasteiger partial charge in [-0.3, -0.25) is 4.99 Å². The van der Waals surface area contributed by atoms with Gasteiger partial charge in [-0.15, -0.1) is 0 Å². The number of methoxy groups -OCH3 is 1. The highest BCUT2D eigenvalue weighted by molar-refractivity contribution is 8.13. The second kappa shape index (κ2) is 5.41. The molecule has 4 heteroatoms. The first-order chi connectivity index (χ1) is 7.69. The molecule has 1 aliphatic heterocycles. The van der Waals surface area contributed by atoms with Gasteiger partial charge in [-0.25, -0.2) is 0 Å². The number of amidine groups is 1. The molecule has 2 rings (SSSR count). The van der Waals surface area contributed by atoms with Crippen LogP contribution in [0.1, 0.15) is 33.1 Å². The van der Waals surface area contributed by atoms with Gasteiger partial charge in [-0.05, 0) is 25.2 Å². The van der Waals surface area contributed by atoms with Crippen LogP contribution in [0.3, 0.4) is 0 Å². The van der Waals surface area contributed by atoms with E-state index in [0.29, 0.717) is 24.1 Å². The largest absolute Gasteiger partial charge is 0.381 e. The van der Waals surface area contributed by atoms with Crippen molar-refractivity contribution in [3.05, 3.63) is 0 Å². The molecule has 0 aromatic carbocycles. The number of hydrogen-bond donors (Lipinski definition) is 1. The molecule has 0 spiro atoms. The van der Waals surface area contributed by atoms with Gasteiger partial charge in [0, 0.05) is 18.9 Å². The van der Waals surface area contributed by atoms with Gasteiger partial charge < -0.3 is 10.1 Å². The Kier molecular flexibility index (Phi) is 4.14. The number of hydrogen-bond acceptors (Lipinski definition) is 4. The smallest absolute Gasteiger partial charge is 0.157 e. The summed E-state index contributed by atoms with van der Waals surface area (Å²) >= 11 is 1.87. The van der Waals surface area contributed by atoms with E-state index < -0.39 is 0 Å². The van der Waals surface area contributed by atoms with E-state index in [1.165, 1.54) is 12.2 Å². The highest BCUT2D eigenvalue weighted by atomic mass is 32.2. The predicted molar refractivity (Wildman–Crippen MR) is 70.1 cm³/mol. The fourth-order valence-electron chi connectivity index (χ4n) is 2.14. The first kappa shape index (κ1) is 12.2. The average Bonchev–Trinajstić information content (AvgIpc) is 2.23. The maximum Gasteiger partial charge on any atom is 0.157 e. The monoisotopic (exact) mass is 242 g/mol. The van der Waals surface area contributed by atoms with Crippen LogP contribution in [0.2, 0.25) is 0 Å². The fourth-order valence-corrected chi connectivity index (χ4v) is 3.15. The molecule has 0 amide bonds. The quantitative estimate of drug-likeness (QED) is 0.824. The molecule has 1 atom stereocenters. The maximum atomic E-state index is 5.28. The molecule has 3 nitrogen and oxygen atoms in total. The maximum absolute atomic E-state index is 5.28. The predicted octanol–water partition coefficient (Wildman–Crippen LogP) is 2.27. The molecule has 2 aliphatic rings. The molecule has 1 unspecified atom stereocenters. The molecular formula is C12H22N2OS. The van der Waals surface area contributed by atoms with E-state index in [1.54, 1.807) is 7.11 Å². The van der Waals surface area contributed by atoms with E-state index >= 15 is 0 Å². The minimum atomic E-state index is 0.465. The van der Waals surface area contributed by atoms with E-state index in [2.05, 4.69) is 19.2 Å². The Balaban J connectivity index is 1.81. The van der Waals surface area contributed by atoms with Crippen molar-refractivity contribution in [2.45, 2.75) is 51.3 Å². The van der Waals surface area contributed by atoms with Crippen LogP contribution in [0.5, 0.6) is 0 Å². The summed E-state index contributed by atoms with van der Waals surface area (Å²) in [6.45, 7) is 4.51. The summed E-state index contributed by atoms with van der Waals surface area (Å²) in [5, 5.41) is 4.69. The summed E-state index contributed by atoms with van der Waals surface area (Å²) in [6.07, 6.45) is 3.94. The third-order valence-electron chi connectivity index (χ3n) is 3.46. The first-order valence-corrected chi connectivity index (χ1v) is 7.17. The molecule has 92 valence electrons. The standard InChI is InChI=1S/C12H22N2OS/c1-8(2)11-4-5-16-12(14-11)13-9-6-10(7-9)15-3/h8-11H,4-7H2,1-3H3,(H,13,14). The molecule has 1 heterocycles. The molecule has 16 heavy (non-hydrogen) atoms. The Morgan fingerprint density at radius 3 is 2.81 bits per heavy atom. The molecule has 0 radical (unpaired) electrons. The van der Waals surface area contributed by atoms with Crippen LogP contribution in [0.25, 0.3) is 0 Å². The molecule has 1 fully saturated rings. The van der Waals surface area contributed by atoms with Gasteiger partial charge in [0.05, 0.1) is 12.1 Å². The van der Waals surface area contributed by atoms with Crippen molar-refractivity contribution in [2.24, 2.45) is 10.9 Å². The van der Waals surface area contributed by atoms with E-state index in [0.717, 1.165) is 18.0 Å². The van der Waals surface area contributed by atoms with Crippen molar-refractivity contribution < 1.29 is 4.74 Å². The number of nitrogens with zero attached hydrogens (tertiary/aromatic N) is 1. The highest BCUT2D eigenvalue weighted by Crippen LogP contribution is 2.26. The van der Waals surface area contributed by atoms with Gasteiger partial charge in [0.15, 0.2) is 5.17 Å². The number of rotatable bonds is 3. The van der Waals surface area contributed by atoms with Crippen molar-refractivity contribution in [3.63, 3.8) is 0 Å². The first-order valence-electron chi connectivity index (χ1n) is 6.19. The summed E-state index contributed by atoms with van der Waals surface area (Å²) in [7, 11) is 1.79. The summed E-state index contributed by atoms with van der Waals surface area (Å²) in [6, 6.07) is 1.10. The molecule has 0 aromatic heterocycles. The van der Waals surface area contributed by atoms with Gasteiger partial charge in [-0.2, -0.15) is 0 Å². The van der Waals surface area contributed by atoms with E-state index in [-0.39, 0.29) is 0 Å². The molecule has 0 aromatic rings. The SMILES string of the molecule is COC1CC(NC2=NC(C(C)C)CCS2)C1. The Labute approximate surface area is 102 Å². The van der Waals surface area contributed by atoms with Crippen molar-refractivity contribution >= 4 is 16.9 Å². The third-order valence-corrected chi connectivity index (χ3v) is 4.40. The van der Waals surface area contributed by atoms with Crippen LogP contribution >= 0.6 is 11.8 Å². The Bertz CT molecular complexity index is 262. The Hall–Kier alpha value is -0.220. The zero-order valence-corrected chi connectivity index (χ0v) is 11.2. The van der Waals surface area contributed by atoms with Crippen LogP contribution < -0.4 is 5.32 Å². The molecule has 0 saturated heterocycles. The zero-order chi connectivity index (χ0) is 11.5. The van der Waals surface area contributed by atoms with Gasteiger partial charge in [0.25, 0.3) is 0 Å². The molecular weight excluding hydrogens is 220 g/mol. The highest BCUT2D eigenvalue weighted by Gasteiger charge is 2.30. The lowest BCUT2D eigenvalue weighted by Gasteiger charge is -2.36. The number of aliphatic imine (C=N–C) groups is 1. The molecule has 1 aliphatic carbocycles. The lowest BCUT2D eigenvalue weighted by Crippen LogP contribution is -2.47. The second-order valence-electron chi connectivity index (χ2n) is 5.05. The summed E-state index contributed by atoms with van der Waals surface area (Å²) < 4.78 is 5.28. The van der Waals surface area contributed by atoms with E-state index in [1.807, 2.05) is 11.8 Å². The third kappa shape index (κ3) is 2.92. The molecule has 1 saturated carbocycles. The van der Waals surface area contributed by atoms with Crippen LogP contribution in [0, 0.1) is 5.92 Å². The number of nitrogens with one attached hydrogen (secondary N) is 1. The van der Waals surface area contributed by atoms with Crippen molar-refractivity contribution in [3.8, 4) is 0 Å². The summed E-state index contributed by atoms with van der Waals surface area (Å²) in [5.74, 6) is 1.86. The van der Waals surface area contributed by atoms with Gasteiger partial charge in [-0.1, -0.05) is 25.6 Å². The average molecular weight is 242 g/mol. The van der Waals surface area contributed by atoms with E-state index in [4.69, 9.17) is 9.73 Å². The van der Waals surface area contributed by atoms with Crippen molar-refractivity contribution in [1.29, 1.82) is 0 Å². The van der Waals surface area contributed by atoms with Crippen LogP contribution in [-0.2, 0) is 4.74 Å². The minimum absolute atomic E-state index is 0.465. The zero-order valence-electron chi connectivity index (χ0n) is 10.4. The van der Waals surface area contributed by atoms with Crippen molar-refractivity contribution in [1.82, 2.24) is 5.32 Å². The molecule has 0 bridgehead atoms. The number of ether oxygens (including phenoxy) is 1. The topological polar surface area (TPSA) is 33.6 Å². The lowest BCUT2D eigenvalue weighted by molar-refractivity contribution is 0.0228. The summed E-state index contributed by atoms with van der Waals surface area (Å²) in [4.78, 5) is 4.78. The molecule has 1 N–H and O–H groups in total. The minimum Gasteiger partial charge on any atom is -0.381 e. The van der Waals surface area contributed by atoms with Crippen molar-refractivity contribution in [2.75, 3.05) is 12.9 Å². The van der Waals surface area contributed by atoms with Crippen LogP contribution in [0.15, 0.2) is 4.99 Å². The second-order valence-corrected chi connectivity index (χ2v) is 6.14. The van der Waals surface area contributed by atoms with Crippen LogP contribution in [-0.4, -0.2) is 36.2 Å².